The Hall–Kier alpha value is -2.07. The number of hydrogen-bond acceptors (Lipinski definition) is 4. The van der Waals surface area contributed by atoms with Crippen molar-refractivity contribution in [3.8, 4) is 0 Å². The van der Waals surface area contributed by atoms with Gasteiger partial charge in [-0.05, 0) is 31.5 Å². The van der Waals surface area contributed by atoms with E-state index in [0.717, 1.165) is 18.7 Å². The highest BCUT2D eigenvalue weighted by Gasteiger charge is 2.51. The van der Waals surface area contributed by atoms with Crippen LogP contribution in [0.15, 0.2) is 54.3 Å². The van der Waals surface area contributed by atoms with Gasteiger partial charge in [-0.3, -0.25) is 4.79 Å². The number of piperidine rings is 1. The van der Waals surface area contributed by atoms with Crippen LogP contribution in [0.25, 0.3) is 0 Å². The number of carbonyl (C=O) groups excluding carboxylic acids is 1. The molecule has 1 aliphatic heterocycles. The van der Waals surface area contributed by atoms with E-state index in [0.29, 0.717) is 6.61 Å². The first-order valence-electron chi connectivity index (χ1n) is 8.12. The molecule has 122 valence electrons. The Morgan fingerprint density at radius 2 is 2.13 bits per heavy atom. The van der Waals surface area contributed by atoms with E-state index in [9.17, 15) is 4.79 Å². The monoisotopic (exact) mass is 313 g/mol. The van der Waals surface area contributed by atoms with Crippen molar-refractivity contribution in [2.24, 2.45) is 5.92 Å². The Bertz CT molecular complexity index is 623. The Labute approximate surface area is 137 Å². The summed E-state index contributed by atoms with van der Waals surface area (Å²) < 4.78 is 10.9. The highest BCUT2D eigenvalue weighted by Crippen LogP contribution is 2.47. The van der Waals surface area contributed by atoms with Crippen LogP contribution in [0.2, 0.25) is 0 Å². The van der Waals surface area contributed by atoms with Crippen molar-refractivity contribution in [2.45, 2.75) is 24.8 Å². The summed E-state index contributed by atoms with van der Waals surface area (Å²) >= 11 is 0. The van der Waals surface area contributed by atoms with E-state index in [1.807, 2.05) is 37.3 Å². The van der Waals surface area contributed by atoms with Gasteiger partial charge < -0.3 is 14.8 Å². The first-order valence-corrected chi connectivity index (χ1v) is 8.12. The molecular weight excluding hydrogens is 290 g/mol. The minimum atomic E-state index is -0.403. The molecule has 0 aromatic heterocycles. The van der Waals surface area contributed by atoms with Crippen molar-refractivity contribution in [1.82, 2.24) is 5.32 Å². The van der Waals surface area contributed by atoms with Crippen molar-refractivity contribution < 1.29 is 14.3 Å². The molecule has 3 atom stereocenters. The van der Waals surface area contributed by atoms with E-state index in [1.54, 1.807) is 7.11 Å². The molecule has 4 nitrogen and oxygen atoms in total. The highest BCUT2D eigenvalue weighted by molar-refractivity contribution is 5.78. The van der Waals surface area contributed by atoms with E-state index in [2.05, 4.69) is 23.5 Å². The standard InChI is InChI=1S/C19H23NO3/c1-3-23-18(21)17-16-15(22-2)10-7-11-19(16,12-13-20-17)14-8-5-4-6-9-14/h4-11,16-17,20H,3,12-13H2,1-2H3/t16-,17+,19+/m1/s1. The summed E-state index contributed by atoms with van der Waals surface area (Å²) in [5.41, 5.74) is 0.962. The van der Waals surface area contributed by atoms with Gasteiger partial charge in [0, 0.05) is 5.41 Å². The van der Waals surface area contributed by atoms with Gasteiger partial charge in [0.1, 0.15) is 11.8 Å². The lowest BCUT2D eigenvalue weighted by atomic mass is 9.61. The molecule has 1 aromatic rings. The van der Waals surface area contributed by atoms with Gasteiger partial charge in [0.05, 0.1) is 19.6 Å². The lowest BCUT2D eigenvalue weighted by Crippen LogP contribution is -2.58. The summed E-state index contributed by atoms with van der Waals surface area (Å²) in [4.78, 5) is 12.5. The van der Waals surface area contributed by atoms with Crippen LogP contribution in [0.5, 0.6) is 0 Å². The fourth-order valence-electron chi connectivity index (χ4n) is 3.84. The number of nitrogens with one attached hydrogen (secondary N) is 1. The molecule has 3 rings (SSSR count). The van der Waals surface area contributed by atoms with E-state index in [4.69, 9.17) is 9.47 Å². The van der Waals surface area contributed by atoms with Gasteiger partial charge in [0.25, 0.3) is 0 Å². The van der Waals surface area contributed by atoms with Crippen LogP contribution in [-0.2, 0) is 19.7 Å². The van der Waals surface area contributed by atoms with Crippen molar-refractivity contribution in [1.29, 1.82) is 0 Å². The lowest BCUT2D eigenvalue weighted by molar-refractivity contribution is -0.148. The molecule has 1 N–H and O–H groups in total. The largest absolute Gasteiger partial charge is 0.501 e. The van der Waals surface area contributed by atoms with Gasteiger partial charge in [-0.1, -0.05) is 42.5 Å². The first-order chi connectivity index (χ1) is 11.2. The van der Waals surface area contributed by atoms with E-state index >= 15 is 0 Å². The maximum atomic E-state index is 12.5. The maximum Gasteiger partial charge on any atom is 0.323 e. The highest BCUT2D eigenvalue weighted by atomic mass is 16.5. The fraction of sp³-hybridized carbons (Fsp3) is 0.421. The number of benzene rings is 1. The molecule has 1 saturated heterocycles. The third-order valence-electron chi connectivity index (χ3n) is 4.84. The van der Waals surface area contributed by atoms with Crippen LogP contribution in [0.4, 0.5) is 0 Å². The second kappa shape index (κ2) is 6.59. The van der Waals surface area contributed by atoms with Gasteiger partial charge in [0.15, 0.2) is 0 Å². The van der Waals surface area contributed by atoms with E-state index in [1.165, 1.54) is 5.56 Å². The number of methoxy groups -OCH3 is 1. The number of hydrogen-bond donors (Lipinski definition) is 1. The van der Waals surface area contributed by atoms with Gasteiger partial charge in [0.2, 0.25) is 0 Å². The zero-order chi connectivity index (χ0) is 16.3. The number of allylic oxidation sites excluding steroid dienone is 3. The quantitative estimate of drug-likeness (QED) is 0.868. The van der Waals surface area contributed by atoms with Crippen molar-refractivity contribution in [2.75, 3.05) is 20.3 Å². The van der Waals surface area contributed by atoms with Crippen LogP contribution in [-0.4, -0.2) is 32.3 Å². The lowest BCUT2D eigenvalue weighted by Gasteiger charge is -2.48. The third-order valence-corrected chi connectivity index (χ3v) is 4.84. The summed E-state index contributed by atoms with van der Waals surface area (Å²) in [6.45, 7) is 2.97. The minimum absolute atomic E-state index is 0.104. The third kappa shape index (κ3) is 2.68. The van der Waals surface area contributed by atoms with Crippen LogP contribution in [0, 0.1) is 5.92 Å². The van der Waals surface area contributed by atoms with Crippen molar-refractivity contribution in [3.63, 3.8) is 0 Å². The summed E-state index contributed by atoms with van der Waals surface area (Å²) in [7, 11) is 1.66. The predicted molar refractivity (Wildman–Crippen MR) is 88.9 cm³/mol. The molecule has 0 spiro atoms. The molecule has 1 aliphatic carbocycles. The van der Waals surface area contributed by atoms with Crippen LogP contribution in [0.1, 0.15) is 18.9 Å². The van der Waals surface area contributed by atoms with Gasteiger partial charge in [-0.2, -0.15) is 0 Å². The Morgan fingerprint density at radius 3 is 2.83 bits per heavy atom. The molecule has 1 aromatic carbocycles. The number of rotatable bonds is 4. The van der Waals surface area contributed by atoms with E-state index in [-0.39, 0.29) is 17.3 Å². The molecule has 0 bridgehead atoms. The second-order valence-corrected chi connectivity index (χ2v) is 5.95. The fourth-order valence-corrected chi connectivity index (χ4v) is 3.84. The van der Waals surface area contributed by atoms with Crippen molar-refractivity contribution in [3.05, 3.63) is 59.9 Å². The molecule has 0 saturated carbocycles. The minimum Gasteiger partial charge on any atom is -0.501 e. The van der Waals surface area contributed by atoms with Gasteiger partial charge >= 0.3 is 5.97 Å². The Morgan fingerprint density at radius 1 is 1.35 bits per heavy atom. The molecular formula is C19H23NO3. The second-order valence-electron chi connectivity index (χ2n) is 5.95. The van der Waals surface area contributed by atoms with Crippen molar-refractivity contribution >= 4 is 5.97 Å². The van der Waals surface area contributed by atoms with Gasteiger partial charge in [-0.25, -0.2) is 0 Å². The van der Waals surface area contributed by atoms with Crippen LogP contribution < -0.4 is 5.32 Å². The molecule has 1 fully saturated rings. The number of ether oxygens (including phenoxy) is 2. The summed E-state index contributed by atoms with van der Waals surface area (Å²) in [6, 6.07) is 9.95. The van der Waals surface area contributed by atoms with E-state index < -0.39 is 6.04 Å². The topological polar surface area (TPSA) is 47.6 Å². The number of carbonyl (C=O) groups is 1. The Balaban J connectivity index is 2.07. The smallest absolute Gasteiger partial charge is 0.323 e. The predicted octanol–water partition coefficient (Wildman–Crippen LogP) is 2.57. The SMILES string of the molecule is CCOC(=O)[C@H]1NCC[C@]2(c3ccccc3)C=CC=C(OC)[C@H]12. The summed E-state index contributed by atoms with van der Waals surface area (Å²) in [5, 5.41) is 3.33. The maximum absolute atomic E-state index is 12.5. The van der Waals surface area contributed by atoms with Crippen LogP contribution >= 0.6 is 0 Å². The molecule has 4 heteroatoms. The molecule has 23 heavy (non-hydrogen) atoms. The molecule has 1 heterocycles. The normalized spacial score (nSPS) is 29.4. The number of fused-ring (bicyclic) bond motifs is 1. The molecule has 0 amide bonds. The number of esters is 1. The summed E-state index contributed by atoms with van der Waals surface area (Å²) in [6.07, 6.45) is 7.11. The first kappa shape index (κ1) is 15.8. The molecule has 0 unspecified atom stereocenters. The zero-order valence-electron chi connectivity index (χ0n) is 13.6. The Kier molecular flexibility index (Phi) is 4.53. The van der Waals surface area contributed by atoms with Gasteiger partial charge in [-0.15, -0.1) is 0 Å². The molecule has 0 radical (unpaired) electrons. The average Bonchev–Trinajstić information content (AvgIpc) is 2.61. The zero-order valence-corrected chi connectivity index (χ0v) is 13.6. The average molecular weight is 313 g/mol. The molecule has 2 aliphatic rings. The van der Waals surface area contributed by atoms with Crippen LogP contribution in [0.3, 0.4) is 0 Å². The summed E-state index contributed by atoms with van der Waals surface area (Å²) in [5.74, 6) is 0.505.